The van der Waals surface area contributed by atoms with Gasteiger partial charge in [-0.25, -0.2) is 4.68 Å². The zero-order valence-electron chi connectivity index (χ0n) is 25.7. The second kappa shape index (κ2) is 11.6. The lowest BCUT2D eigenvalue weighted by Gasteiger charge is -2.17. The number of halogens is 3. The average molecular weight is 642 g/mol. The van der Waals surface area contributed by atoms with Crippen LogP contribution in [0.5, 0.6) is 0 Å². The van der Waals surface area contributed by atoms with Crippen molar-refractivity contribution in [2.45, 2.75) is 64.8 Å². The fraction of sp³-hybridized carbons (Fsp3) is 0.344. The number of fused-ring (bicyclic) bond motifs is 1. The number of hydrogen-bond donors (Lipinski definition) is 1. The van der Waals surface area contributed by atoms with Crippen LogP contribution in [0.4, 0.5) is 13.2 Å². The van der Waals surface area contributed by atoms with Crippen LogP contribution in [0.25, 0.3) is 22.0 Å². The molecule has 2 aromatic carbocycles. The van der Waals surface area contributed by atoms with Crippen LogP contribution >= 0.6 is 0 Å². The summed E-state index contributed by atoms with van der Waals surface area (Å²) in [6, 6.07) is 11.8. The largest absolute Gasteiger partial charge is 0.418 e. The summed E-state index contributed by atoms with van der Waals surface area (Å²) in [5, 5.41) is 19.7. The standard InChI is InChI=1S/C32H34F3N5O4S/c1-18(2)14-27-26-17-39(16-25-20(4)36-40(21(25)5)45(43,44)24-12-10-19(3)11-13-24)29(28(26)31(42)38(6)37-27)22-8-7-9-23(15-22)30(41)32(33,34)35/h7-13,15,17-18,30,41H,14,16H2,1-6H3. The van der Waals surface area contributed by atoms with Crippen molar-refractivity contribution in [1.29, 1.82) is 0 Å². The minimum Gasteiger partial charge on any atom is -0.379 e. The lowest BCUT2D eigenvalue weighted by molar-refractivity contribution is -0.206. The predicted octanol–water partition coefficient (Wildman–Crippen LogP) is 5.60. The van der Waals surface area contributed by atoms with Gasteiger partial charge >= 0.3 is 6.18 Å². The van der Waals surface area contributed by atoms with Gasteiger partial charge in [0.25, 0.3) is 15.6 Å². The Morgan fingerprint density at radius 1 is 1.00 bits per heavy atom. The molecule has 9 nitrogen and oxygen atoms in total. The Bertz CT molecular complexity index is 2070. The van der Waals surface area contributed by atoms with Gasteiger partial charge in [-0.15, -0.1) is 0 Å². The summed E-state index contributed by atoms with van der Waals surface area (Å²) in [6.45, 7) is 9.24. The minimum atomic E-state index is -4.89. The molecule has 0 saturated carbocycles. The van der Waals surface area contributed by atoms with Crippen LogP contribution in [-0.2, 0) is 30.0 Å². The maximum atomic E-state index is 13.6. The molecule has 0 aliphatic rings. The molecule has 5 rings (SSSR count). The van der Waals surface area contributed by atoms with Gasteiger partial charge in [0.2, 0.25) is 0 Å². The predicted molar refractivity (Wildman–Crippen MR) is 165 cm³/mol. The summed E-state index contributed by atoms with van der Waals surface area (Å²) in [5.74, 6) is 0.185. The third kappa shape index (κ3) is 5.94. The van der Waals surface area contributed by atoms with Gasteiger partial charge in [-0.1, -0.05) is 49.7 Å². The molecular formula is C32H34F3N5O4S. The van der Waals surface area contributed by atoms with Crippen molar-refractivity contribution < 1.29 is 26.7 Å². The molecule has 45 heavy (non-hydrogen) atoms. The highest BCUT2D eigenvalue weighted by Crippen LogP contribution is 2.37. The van der Waals surface area contributed by atoms with Crippen LogP contribution in [-0.4, -0.2) is 43.2 Å². The number of rotatable bonds is 8. The van der Waals surface area contributed by atoms with Gasteiger partial charge in [-0.3, -0.25) is 4.79 Å². The van der Waals surface area contributed by atoms with Crippen molar-refractivity contribution in [2.24, 2.45) is 13.0 Å². The molecule has 0 saturated heterocycles. The van der Waals surface area contributed by atoms with E-state index < -0.39 is 27.9 Å². The Labute approximate surface area is 258 Å². The number of nitrogens with zero attached hydrogens (tertiary/aromatic N) is 5. The summed E-state index contributed by atoms with van der Waals surface area (Å²) in [7, 11) is -2.51. The first-order valence-corrected chi connectivity index (χ1v) is 15.8. The summed E-state index contributed by atoms with van der Waals surface area (Å²) in [4.78, 5) is 13.7. The molecule has 3 heterocycles. The fourth-order valence-electron chi connectivity index (χ4n) is 5.54. The quantitative estimate of drug-likeness (QED) is 0.236. The monoisotopic (exact) mass is 641 g/mol. The molecule has 3 aromatic heterocycles. The highest BCUT2D eigenvalue weighted by molar-refractivity contribution is 7.89. The third-order valence-corrected chi connectivity index (χ3v) is 9.51. The smallest absolute Gasteiger partial charge is 0.379 e. The molecule has 0 fully saturated rings. The van der Waals surface area contributed by atoms with Crippen molar-refractivity contribution in [3.8, 4) is 11.3 Å². The maximum absolute atomic E-state index is 13.6. The zero-order chi connectivity index (χ0) is 33.0. The van der Waals surface area contributed by atoms with Crippen molar-refractivity contribution >= 4 is 20.8 Å². The number of aromatic nitrogens is 5. The Morgan fingerprint density at radius 3 is 2.29 bits per heavy atom. The molecule has 0 aliphatic heterocycles. The Kier molecular flexibility index (Phi) is 8.30. The minimum absolute atomic E-state index is 0.0570. The second-order valence-electron chi connectivity index (χ2n) is 11.7. The van der Waals surface area contributed by atoms with E-state index in [-0.39, 0.29) is 33.9 Å². The van der Waals surface area contributed by atoms with E-state index >= 15 is 0 Å². The molecule has 0 spiro atoms. The van der Waals surface area contributed by atoms with Crippen molar-refractivity contribution in [3.05, 3.63) is 98.9 Å². The van der Waals surface area contributed by atoms with Gasteiger partial charge in [-0.05, 0) is 62.4 Å². The van der Waals surface area contributed by atoms with Gasteiger partial charge in [-0.2, -0.15) is 35.9 Å². The highest BCUT2D eigenvalue weighted by atomic mass is 32.2. The molecule has 0 radical (unpaired) electrons. The Balaban J connectivity index is 1.74. The van der Waals surface area contributed by atoms with Gasteiger partial charge < -0.3 is 9.67 Å². The molecule has 0 aliphatic carbocycles. The van der Waals surface area contributed by atoms with E-state index in [1.165, 1.54) is 42.1 Å². The molecule has 1 atom stereocenters. The highest BCUT2D eigenvalue weighted by Gasteiger charge is 2.39. The zero-order valence-corrected chi connectivity index (χ0v) is 26.5. The SMILES string of the molecule is Cc1ccc(S(=O)(=O)n2nc(C)c(Cn3cc4c(CC(C)C)nn(C)c(=O)c4c3-c3cccc(C(O)C(F)(F)F)c3)c2C)cc1. The van der Waals surface area contributed by atoms with Crippen LogP contribution in [0.3, 0.4) is 0 Å². The van der Waals surface area contributed by atoms with Gasteiger partial charge in [0.15, 0.2) is 6.10 Å². The molecule has 5 aromatic rings. The summed E-state index contributed by atoms with van der Waals surface area (Å²) in [5.41, 5.74) is 2.67. The van der Waals surface area contributed by atoms with Gasteiger partial charge in [0, 0.05) is 24.2 Å². The molecule has 0 bridgehead atoms. The molecule has 238 valence electrons. The molecule has 1 N–H and O–H groups in total. The maximum Gasteiger partial charge on any atom is 0.418 e. The summed E-state index contributed by atoms with van der Waals surface area (Å²) in [6.07, 6.45) is -5.35. The third-order valence-electron chi connectivity index (χ3n) is 7.83. The Morgan fingerprint density at radius 2 is 1.67 bits per heavy atom. The van der Waals surface area contributed by atoms with Crippen LogP contribution in [0.15, 0.2) is 64.4 Å². The average Bonchev–Trinajstić information content (AvgIpc) is 3.49. The van der Waals surface area contributed by atoms with E-state index in [2.05, 4.69) is 10.2 Å². The lowest BCUT2D eigenvalue weighted by Crippen LogP contribution is -2.22. The topological polar surface area (TPSA) is 112 Å². The number of aliphatic hydroxyl groups excluding tert-OH is 1. The van der Waals surface area contributed by atoms with E-state index in [0.717, 1.165) is 9.65 Å². The summed E-state index contributed by atoms with van der Waals surface area (Å²) >= 11 is 0. The van der Waals surface area contributed by atoms with Crippen LogP contribution in [0, 0.1) is 26.7 Å². The second-order valence-corrected chi connectivity index (χ2v) is 13.5. The number of aryl methyl sites for hydroxylation is 3. The van der Waals surface area contributed by atoms with Crippen molar-refractivity contribution in [3.63, 3.8) is 0 Å². The Hall–Kier alpha value is -4.23. The van der Waals surface area contributed by atoms with Gasteiger partial charge in [0.05, 0.1) is 39.6 Å². The first-order chi connectivity index (χ1) is 21.0. The number of benzene rings is 2. The summed E-state index contributed by atoms with van der Waals surface area (Å²) < 4.78 is 71.4. The van der Waals surface area contributed by atoms with E-state index in [1.807, 2.05) is 20.8 Å². The molecule has 13 heteroatoms. The van der Waals surface area contributed by atoms with E-state index in [0.29, 0.717) is 40.1 Å². The molecule has 0 amide bonds. The normalized spacial score (nSPS) is 13.2. The van der Waals surface area contributed by atoms with E-state index in [4.69, 9.17) is 0 Å². The first-order valence-electron chi connectivity index (χ1n) is 14.3. The number of hydrogen-bond acceptors (Lipinski definition) is 6. The lowest BCUT2D eigenvalue weighted by atomic mass is 10.0. The number of alkyl halides is 3. The van der Waals surface area contributed by atoms with E-state index in [1.54, 1.807) is 42.8 Å². The fourth-order valence-corrected chi connectivity index (χ4v) is 6.92. The van der Waals surface area contributed by atoms with Crippen LogP contribution in [0.2, 0.25) is 0 Å². The van der Waals surface area contributed by atoms with Crippen molar-refractivity contribution in [1.82, 2.24) is 23.5 Å². The number of aliphatic hydroxyl groups is 1. The van der Waals surface area contributed by atoms with Crippen LogP contribution in [0.1, 0.15) is 53.7 Å². The van der Waals surface area contributed by atoms with Crippen molar-refractivity contribution in [2.75, 3.05) is 0 Å². The van der Waals surface area contributed by atoms with E-state index in [9.17, 15) is 31.5 Å². The molecular weight excluding hydrogens is 607 g/mol. The molecule has 1 unspecified atom stereocenters. The first kappa shape index (κ1) is 32.2. The van der Waals surface area contributed by atoms with Crippen LogP contribution < -0.4 is 5.56 Å². The van der Waals surface area contributed by atoms with Gasteiger partial charge in [0.1, 0.15) is 0 Å².